The second-order valence-corrected chi connectivity index (χ2v) is 12.7. The lowest BCUT2D eigenvalue weighted by molar-refractivity contribution is 1.15. The fourth-order valence-electron chi connectivity index (χ4n) is 7.14. The van der Waals surface area contributed by atoms with Gasteiger partial charge < -0.3 is 0 Å². The van der Waals surface area contributed by atoms with Crippen LogP contribution in [0.25, 0.3) is 100 Å². The second-order valence-electron chi connectivity index (χ2n) is 12.7. The van der Waals surface area contributed by atoms with E-state index in [2.05, 4.69) is 131 Å². The molecule has 10 rings (SSSR count). The lowest BCUT2D eigenvalue weighted by Gasteiger charge is -2.17. The zero-order valence-corrected chi connectivity index (χ0v) is 27.8. The molecule has 6 aromatic carbocycles. The molecule has 4 aromatic heterocycles. The van der Waals surface area contributed by atoms with E-state index in [1.807, 2.05) is 30.3 Å². The lowest BCUT2D eigenvalue weighted by Crippen LogP contribution is -1.99. The predicted molar refractivity (Wildman–Crippen MR) is 210 cm³/mol. The van der Waals surface area contributed by atoms with Gasteiger partial charge in [-0.05, 0) is 52.2 Å². The van der Waals surface area contributed by atoms with Gasteiger partial charge in [-0.25, -0.2) is 29.9 Å². The van der Waals surface area contributed by atoms with Gasteiger partial charge in [-0.2, -0.15) is 0 Å². The standard InChI is InChI=1S/C46H28N6/c1-2-11-29(12-3-1)32-23-24-37(34-14-5-4-13-33(32)34)45-44(50-39-17-8-9-18-40(39)51-45)36-16-7-6-15-35(36)38-25-21-30-19-20-31-22-26-41(46-47-27-10-28-48-46)52-43(31)42(30)49-38/h1-28H. The van der Waals surface area contributed by atoms with Crippen LogP contribution in [-0.2, 0) is 0 Å². The molecular weight excluding hydrogens is 637 g/mol. The van der Waals surface area contributed by atoms with E-state index in [0.29, 0.717) is 11.5 Å². The van der Waals surface area contributed by atoms with E-state index < -0.39 is 0 Å². The molecule has 0 N–H and O–H groups in total. The van der Waals surface area contributed by atoms with Crippen LogP contribution in [0.1, 0.15) is 0 Å². The van der Waals surface area contributed by atoms with Gasteiger partial charge in [0, 0.05) is 39.9 Å². The van der Waals surface area contributed by atoms with Crippen molar-refractivity contribution in [3.8, 4) is 56.4 Å². The van der Waals surface area contributed by atoms with Crippen LogP contribution in [0.5, 0.6) is 0 Å². The Bertz CT molecular complexity index is 2960. The Morgan fingerprint density at radius 1 is 0.327 bits per heavy atom. The molecule has 0 saturated carbocycles. The van der Waals surface area contributed by atoms with Gasteiger partial charge >= 0.3 is 0 Å². The van der Waals surface area contributed by atoms with Crippen molar-refractivity contribution in [2.45, 2.75) is 0 Å². The molecule has 0 fully saturated rings. The number of para-hydroxylation sites is 2. The van der Waals surface area contributed by atoms with Gasteiger partial charge in [-0.15, -0.1) is 0 Å². The Labute approximate surface area is 299 Å². The van der Waals surface area contributed by atoms with Crippen LogP contribution in [0.15, 0.2) is 170 Å². The molecule has 0 spiro atoms. The van der Waals surface area contributed by atoms with Crippen molar-refractivity contribution >= 4 is 43.6 Å². The summed E-state index contributed by atoms with van der Waals surface area (Å²) in [5.41, 5.74) is 11.7. The van der Waals surface area contributed by atoms with Crippen LogP contribution < -0.4 is 0 Å². The summed E-state index contributed by atoms with van der Waals surface area (Å²) < 4.78 is 0. The number of nitrogens with zero attached hydrogens (tertiary/aromatic N) is 6. The van der Waals surface area contributed by atoms with Crippen LogP contribution in [-0.4, -0.2) is 29.9 Å². The highest BCUT2D eigenvalue weighted by Gasteiger charge is 2.20. The molecule has 0 radical (unpaired) electrons. The first-order chi connectivity index (χ1) is 25.8. The van der Waals surface area contributed by atoms with E-state index in [1.54, 1.807) is 18.5 Å². The molecule has 4 heterocycles. The van der Waals surface area contributed by atoms with E-state index in [1.165, 1.54) is 11.1 Å². The monoisotopic (exact) mass is 664 g/mol. The minimum atomic E-state index is 0.578. The highest BCUT2D eigenvalue weighted by Crippen LogP contribution is 2.41. The van der Waals surface area contributed by atoms with Crippen molar-refractivity contribution in [2.24, 2.45) is 0 Å². The molecule has 6 nitrogen and oxygen atoms in total. The van der Waals surface area contributed by atoms with E-state index in [0.717, 1.165) is 77.4 Å². The Kier molecular flexibility index (Phi) is 7.03. The highest BCUT2D eigenvalue weighted by atomic mass is 14.9. The molecule has 6 heteroatoms. The van der Waals surface area contributed by atoms with Gasteiger partial charge in [0.25, 0.3) is 0 Å². The third-order valence-electron chi connectivity index (χ3n) is 9.61. The molecule has 0 atom stereocenters. The number of hydrogen-bond acceptors (Lipinski definition) is 6. The summed E-state index contributed by atoms with van der Waals surface area (Å²) in [6.45, 7) is 0. The number of fused-ring (bicyclic) bond motifs is 5. The summed E-state index contributed by atoms with van der Waals surface area (Å²) in [6.07, 6.45) is 3.46. The van der Waals surface area contributed by atoms with Crippen molar-refractivity contribution in [1.82, 2.24) is 29.9 Å². The van der Waals surface area contributed by atoms with Gasteiger partial charge in [0.2, 0.25) is 0 Å². The SMILES string of the molecule is c1ccc(-c2ccc(-c3nc4ccccc4nc3-c3ccccc3-c3ccc4ccc5ccc(-c6ncccn6)nc5c4n3)c3ccccc23)cc1. The molecule has 0 aliphatic carbocycles. The highest BCUT2D eigenvalue weighted by molar-refractivity contribution is 6.08. The molecule has 0 aliphatic rings. The molecule has 0 unspecified atom stereocenters. The first-order valence-electron chi connectivity index (χ1n) is 17.2. The Morgan fingerprint density at radius 2 is 0.846 bits per heavy atom. The third-order valence-corrected chi connectivity index (χ3v) is 9.61. The molecule has 0 amide bonds. The number of aromatic nitrogens is 6. The largest absolute Gasteiger partial charge is 0.245 e. The van der Waals surface area contributed by atoms with Crippen LogP contribution in [0.3, 0.4) is 0 Å². The van der Waals surface area contributed by atoms with Crippen molar-refractivity contribution in [3.05, 3.63) is 170 Å². The van der Waals surface area contributed by atoms with Gasteiger partial charge in [0.05, 0.1) is 39.1 Å². The number of benzene rings is 6. The topological polar surface area (TPSA) is 77.3 Å². The van der Waals surface area contributed by atoms with Gasteiger partial charge in [-0.1, -0.05) is 127 Å². The maximum atomic E-state index is 5.34. The maximum absolute atomic E-state index is 5.34. The van der Waals surface area contributed by atoms with Gasteiger partial charge in [0.15, 0.2) is 5.82 Å². The van der Waals surface area contributed by atoms with Crippen molar-refractivity contribution in [1.29, 1.82) is 0 Å². The maximum Gasteiger partial charge on any atom is 0.178 e. The lowest BCUT2D eigenvalue weighted by atomic mass is 9.91. The van der Waals surface area contributed by atoms with E-state index in [4.69, 9.17) is 19.9 Å². The van der Waals surface area contributed by atoms with Crippen LogP contribution in [0.2, 0.25) is 0 Å². The Balaban J connectivity index is 1.20. The Morgan fingerprint density at radius 3 is 1.56 bits per heavy atom. The van der Waals surface area contributed by atoms with Crippen molar-refractivity contribution in [3.63, 3.8) is 0 Å². The van der Waals surface area contributed by atoms with E-state index in [9.17, 15) is 0 Å². The van der Waals surface area contributed by atoms with Gasteiger partial charge in [0.1, 0.15) is 5.69 Å². The average Bonchev–Trinajstić information content (AvgIpc) is 3.23. The minimum absolute atomic E-state index is 0.578. The first kappa shape index (κ1) is 29.7. The molecule has 0 saturated heterocycles. The summed E-state index contributed by atoms with van der Waals surface area (Å²) in [4.78, 5) is 29.9. The number of pyridine rings is 2. The quantitative estimate of drug-likeness (QED) is 0.170. The fourth-order valence-corrected chi connectivity index (χ4v) is 7.14. The second kappa shape index (κ2) is 12.3. The average molecular weight is 665 g/mol. The predicted octanol–water partition coefficient (Wildman–Crippen LogP) is 11.0. The molecule has 10 aromatic rings. The normalized spacial score (nSPS) is 11.5. The van der Waals surface area contributed by atoms with Crippen LogP contribution in [0.4, 0.5) is 0 Å². The summed E-state index contributed by atoms with van der Waals surface area (Å²) in [7, 11) is 0. The minimum Gasteiger partial charge on any atom is -0.245 e. The number of rotatable bonds is 5. The van der Waals surface area contributed by atoms with Crippen LogP contribution in [0, 0.1) is 0 Å². The molecule has 52 heavy (non-hydrogen) atoms. The van der Waals surface area contributed by atoms with E-state index >= 15 is 0 Å². The molecular formula is C46H28N6. The van der Waals surface area contributed by atoms with E-state index in [-0.39, 0.29) is 0 Å². The zero-order chi connectivity index (χ0) is 34.4. The summed E-state index contributed by atoms with van der Waals surface area (Å²) in [5.74, 6) is 0.578. The summed E-state index contributed by atoms with van der Waals surface area (Å²) in [6, 6.07) is 54.1. The first-order valence-corrected chi connectivity index (χ1v) is 17.2. The van der Waals surface area contributed by atoms with Crippen LogP contribution >= 0.6 is 0 Å². The third kappa shape index (κ3) is 5.05. The fraction of sp³-hybridized carbons (Fsp3) is 0. The Hall–Kier alpha value is -7.18. The zero-order valence-electron chi connectivity index (χ0n) is 27.8. The molecule has 0 bridgehead atoms. The number of hydrogen-bond donors (Lipinski definition) is 0. The van der Waals surface area contributed by atoms with Crippen molar-refractivity contribution in [2.75, 3.05) is 0 Å². The summed E-state index contributed by atoms with van der Waals surface area (Å²) in [5, 5.41) is 4.28. The molecule has 242 valence electrons. The smallest absolute Gasteiger partial charge is 0.178 e. The van der Waals surface area contributed by atoms with Crippen molar-refractivity contribution < 1.29 is 0 Å². The molecule has 0 aliphatic heterocycles. The van der Waals surface area contributed by atoms with Gasteiger partial charge in [-0.3, -0.25) is 0 Å². The summed E-state index contributed by atoms with van der Waals surface area (Å²) >= 11 is 0.